The van der Waals surface area contributed by atoms with Gasteiger partial charge in [0.25, 0.3) is 5.91 Å². The molecule has 0 aromatic carbocycles. The Bertz CT molecular complexity index is 364. The maximum atomic E-state index is 12.1. The number of amides is 3. The van der Waals surface area contributed by atoms with Crippen molar-refractivity contribution in [2.45, 2.75) is 51.1 Å². The van der Waals surface area contributed by atoms with Crippen molar-refractivity contribution in [1.82, 2.24) is 15.4 Å². The molecule has 2 atom stereocenters. The van der Waals surface area contributed by atoms with Crippen molar-refractivity contribution in [2.75, 3.05) is 20.3 Å². The quantitative estimate of drug-likeness (QED) is 0.561. The number of carbonyl (C=O) groups excluding carboxylic acids is 2. The van der Waals surface area contributed by atoms with Crippen LogP contribution in [-0.2, 0) is 14.5 Å². The van der Waals surface area contributed by atoms with Gasteiger partial charge < -0.3 is 4.90 Å². The SMILES string of the molecule is CCCCCONC(=O)[C@@H]1CC[C@@H]2CN1C(=O)N2OC. The Morgan fingerprint density at radius 3 is 2.90 bits per heavy atom. The Morgan fingerprint density at radius 2 is 2.20 bits per heavy atom. The van der Waals surface area contributed by atoms with Gasteiger partial charge in [-0.2, -0.15) is 5.06 Å². The molecule has 20 heavy (non-hydrogen) atoms. The fraction of sp³-hybridized carbons (Fsp3) is 0.846. The molecule has 2 aliphatic rings. The maximum Gasteiger partial charge on any atom is 0.345 e. The highest BCUT2D eigenvalue weighted by Crippen LogP contribution is 2.29. The topological polar surface area (TPSA) is 71.1 Å². The molecule has 0 spiro atoms. The number of nitrogens with one attached hydrogen (secondary N) is 1. The van der Waals surface area contributed by atoms with Crippen molar-refractivity contribution in [3.8, 4) is 0 Å². The van der Waals surface area contributed by atoms with Gasteiger partial charge in [0.2, 0.25) is 0 Å². The highest BCUT2D eigenvalue weighted by molar-refractivity contribution is 5.87. The predicted octanol–water partition coefficient (Wildman–Crippen LogP) is 1.05. The highest BCUT2D eigenvalue weighted by Gasteiger charge is 2.47. The molecule has 114 valence electrons. The monoisotopic (exact) mass is 285 g/mol. The number of hydroxylamine groups is 3. The van der Waals surface area contributed by atoms with E-state index in [1.54, 1.807) is 4.90 Å². The Morgan fingerprint density at radius 1 is 1.40 bits per heavy atom. The average molecular weight is 285 g/mol. The molecule has 0 unspecified atom stereocenters. The molecule has 2 fully saturated rings. The Labute approximate surface area is 119 Å². The fourth-order valence-corrected chi connectivity index (χ4v) is 2.75. The van der Waals surface area contributed by atoms with Crippen LogP contribution >= 0.6 is 0 Å². The van der Waals surface area contributed by atoms with Gasteiger partial charge in [-0.05, 0) is 19.3 Å². The van der Waals surface area contributed by atoms with E-state index >= 15 is 0 Å². The number of hydrogen-bond acceptors (Lipinski definition) is 4. The van der Waals surface area contributed by atoms with E-state index in [0.29, 0.717) is 19.6 Å². The van der Waals surface area contributed by atoms with Gasteiger partial charge >= 0.3 is 6.03 Å². The summed E-state index contributed by atoms with van der Waals surface area (Å²) in [6, 6.07) is -0.631. The molecule has 0 aliphatic carbocycles. The van der Waals surface area contributed by atoms with Crippen LogP contribution in [-0.4, -0.2) is 54.2 Å². The van der Waals surface area contributed by atoms with Crippen LogP contribution in [0.4, 0.5) is 4.79 Å². The second-order valence-corrected chi connectivity index (χ2v) is 5.21. The van der Waals surface area contributed by atoms with E-state index in [4.69, 9.17) is 9.68 Å². The van der Waals surface area contributed by atoms with Gasteiger partial charge in [0.1, 0.15) is 6.04 Å². The highest BCUT2D eigenvalue weighted by atomic mass is 16.7. The van der Waals surface area contributed by atoms with E-state index in [9.17, 15) is 9.59 Å². The molecule has 0 saturated carbocycles. The first kappa shape index (κ1) is 15.1. The van der Waals surface area contributed by atoms with Gasteiger partial charge in [-0.25, -0.2) is 10.3 Å². The zero-order valence-corrected chi connectivity index (χ0v) is 12.1. The number of piperidine rings is 1. The third-order valence-electron chi connectivity index (χ3n) is 3.84. The minimum absolute atomic E-state index is 0.0574. The van der Waals surface area contributed by atoms with Crippen LogP contribution in [0.3, 0.4) is 0 Å². The molecule has 7 heteroatoms. The van der Waals surface area contributed by atoms with Crippen LogP contribution in [0, 0.1) is 0 Å². The van der Waals surface area contributed by atoms with Gasteiger partial charge in [-0.15, -0.1) is 0 Å². The zero-order chi connectivity index (χ0) is 14.5. The minimum Gasteiger partial charge on any atom is -0.309 e. The van der Waals surface area contributed by atoms with Crippen LogP contribution < -0.4 is 5.48 Å². The fourth-order valence-electron chi connectivity index (χ4n) is 2.75. The summed E-state index contributed by atoms with van der Waals surface area (Å²) in [7, 11) is 1.48. The molecule has 7 nitrogen and oxygen atoms in total. The Kier molecular flexibility index (Phi) is 5.19. The lowest BCUT2D eigenvalue weighted by Gasteiger charge is -2.28. The number of unbranched alkanes of at least 4 members (excludes halogenated alkanes) is 2. The lowest BCUT2D eigenvalue weighted by atomic mass is 10.0. The normalized spacial score (nSPS) is 25.2. The summed E-state index contributed by atoms with van der Waals surface area (Å²) in [6.45, 7) is 3.16. The molecule has 2 rings (SSSR count). The standard InChI is InChI=1S/C13H23N3O4/c1-3-4-5-8-20-14-12(17)11-7-6-10-9-15(11)13(18)16(10)19-2/h10-11H,3-9H2,1-2H3,(H,14,17)/t10-,11+/m1/s1. The van der Waals surface area contributed by atoms with Crippen LogP contribution in [0.2, 0.25) is 0 Å². The second-order valence-electron chi connectivity index (χ2n) is 5.21. The van der Waals surface area contributed by atoms with Crippen LogP contribution in [0.25, 0.3) is 0 Å². The smallest absolute Gasteiger partial charge is 0.309 e. The summed E-state index contributed by atoms with van der Waals surface area (Å²) in [5.41, 5.74) is 2.46. The molecule has 3 amide bonds. The molecule has 1 N–H and O–H groups in total. The Balaban J connectivity index is 1.81. The molecule has 2 bridgehead atoms. The van der Waals surface area contributed by atoms with E-state index in [1.807, 2.05) is 0 Å². The summed E-state index contributed by atoms with van der Waals surface area (Å²) in [6.07, 6.45) is 4.51. The number of nitrogens with zero attached hydrogens (tertiary/aromatic N) is 2. The summed E-state index contributed by atoms with van der Waals surface area (Å²) in [5, 5.41) is 1.36. The van der Waals surface area contributed by atoms with Crippen molar-refractivity contribution in [3.05, 3.63) is 0 Å². The number of hydrogen-bond donors (Lipinski definition) is 1. The minimum atomic E-state index is -0.454. The second kappa shape index (κ2) is 6.90. The van der Waals surface area contributed by atoms with Crippen molar-refractivity contribution >= 4 is 11.9 Å². The molecule has 2 saturated heterocycles. The van der Waals surface area contributed by atoms with Crippen LogP contribution in [0.1, 0.15) is 39.0 Å². The zero-order valence-electron chi connectivity index (χ0n) is 12.1. The van der Waals surface area contributed by atoms with Gasteiger partial charge in [-0.3, -0.25) is 14.5 Å². The third-order valence-corrected chi connectivity index (χ3v) is 3.84. The van der Waals surface area contributed by atoms with Crippen LogP contribution in [0.15, 0.2) is 0 Å². The van der Waals surface area contributed by atoms with E-state index in [-0.39, 0.29) is 18.0 Å². The lowest BCUT2D eigenvalue weighted by molar-refractivity contribution is -0.139. The molecular formula is C13H23N3O4. The molecule has 2 heterocycles. The van der Waals surface area contributed by atoms with Gasteiger partial charge in [0, 0.05) is 6.54 Å². The maximum absolute atomic E-state index is 12.1. The predicted molar refractivity (Wildman–Crippen MR) is 71.4 cm³/mol. The largest absolute Gasteiger partial charge is 0.345 e. The van der Waals surface area contributed by atoms with E-state index in [1.165, 1.54) is 12.2 Å². The number of urea groups is 1. The van der Waals surface area contributed by atoms with Crippen LogP contribution in [0.5, 0.6) is 0 Å². The van der Waals surface area contributed by atoms with Crippen molar-refractivity contribution in [1.29, 1.82) is 0 Å². The number of rotatable bonds is 7. The van der Waals surface area contributed by atoms with E-state index in [2.05, 4.69) is 12.4 Å². The Hall–Kier alpha value is -1.34. The first-order valence-corrected chi connectivity index (χ1v) is 7.24. The number of carbonyl (C=O) groups is 2. The summed E-state index contributed by atoms with van der Waals surface area (Å²) < 4.78 is 0. The molecule has 2 aliphatic heterocycles. The summed E-state index contributed by atoms with van der Waals surface area (Å²) in [5.74, 6) is -0.244. The molecular weight excluding hydrogens is 262 g/mol. The van der Waals surface area contributed by atoms with E-state index < -0.39 is 6.04 Å². The number of fused-ring (bicyclic) bond motifs is 2. The van der Waals surface area contributed by atoms with E-state index in [0.717, 1.165) is 25.7 Å². The van der Waals surface area contributed by atoms with Gasteiger partial charge in [0.15, 0.2) is 0 Å². The van der Waals surface area contributed by atoms with Crippen molar-refractivity contribution < 1.29 is 19.3 Å². The molecule has 0 aromatic rings. The van der Waals surface area contributed by atoms with Gasteiger partial charge in [0.05, 0.1) is 19.8 Å². The van der Waals surface area contributed by atoms with Gasteiger partial charge in [-0.1, -0.05) is 19.8 Å². The molecule has 0 radical (unpaired) electrons. The van der Waals surface area contributed by atoms with Crippen molar-refractivity contribution in [2.24, 2.45) is 0 Å². The summed E-state index contributed by atoms with van der Waals surface area (Å²) >= 11 is 0. The third kappa shape index (κ3) is 3.04. The molecule has 0 aromatic heterocycles. The van der Waals surface area contributed by atoms with Crippen molar-refractivity contribution in [3.63, 3.8) is 0 Å². The first-order chi connectivity index (χ1) is 9.69. The summed E-state index contributed by atoms with van der Waals surface area (Å²) in [4.78, 5) is 35.9. The lowest BCUT2D eigenvalue weighted by Crippen LogP contribution is -2.49. The average Bonchev–Trinajstić information content (AvgIpc) is 2.70. The first-order valence-electron chi connectivity index (χ1n) is 7.24.